The van der Waals surface area contributed by atoms with Crippen molar-refractivity contribution in [1.29, 1.82) is 0 Å². The Kier molecular flexibility index (Phi) is 8.52. The maximum absolute atomic E-state index is 13.0. The Balaban J connectivity index is 1.43. The fraction of sp³-hybridized carbons (Fsp3) is 0.448. The summed E-state index contributed by atoms with van der Waals surface area (Å²) in [7, 11) is 0. The molecule has 1 N–H and O–H groups in total. The summed E-state index contributed by atoms with van der Waals surface area (Å²) < 4.78 is 17.2. The normalized spacial score (nSPS) is 14.6. The highest BCUT2D eigenvalue weighted by Gasteiger charge is 2.28. The molecule has 2 heterocycles. The highest BCUT2D eigenvalue weighted by molar-refractivity contribution is 7.17. The van der Waals surface area contributed by atoms with Crippen molar-refractivity contribution in [2.24, 2.45) is 0 Å². The molecule has 1 aliphatic rings. The molecular formula is C29H35NO5S. The van der Waals surface area contributed by atoms with Crippen LogP contribution < -0.4 is 10.1 Å². The number of amides is 1. The van der Waals surface area contributed by atoms with Gasteiger partial charge in [-0.2, -0.15) is 0 Å². The fourth-order valence-electron chi connectivity index (χ4n) is 4.22. The first kappa shape index (κ1) is 26.0. The SMILES string of the molecule is CCC(C)OC(=O)c1c(NC(=O)c2ccc(COc3ccc(C(C)CC)cc3)o2)sc2c1CCCC2. The summed E-state index contributed by atoms with van der Waals surface area (Å²) in [5.41, 5.74) is 2.80. The van der Waals surface area contributed by atoms with E-state index in [0.717, 1.165) is 54.7 Å². The third-order valence-corrected chi connectivity index (χ3v) is 8.02. The van der Waals surface area contributed by atoms with Gasteiger partial charge in [0.15, 0.2) is 5.76 Å². The van der Waals surface area contributed by atoms with E-state index in [1.54, 1.807) is 12.1 Å². The van der Waals surface area contributed by atoms with Crippen molar-refractivity contribution in [3.05, 3.63) is 69.5 Å². The number of carbonyl (C=O) groups is 2. The molecule has 0 spiro atoms. The molecule has 2 atom stereocenters. The number of fused-ring (bicyclic) bond motifs is 1. The number of nitrogens with one attached hydrogen (secondary N) is 1. The zero-order chi connectivity index (χ0) is 25.7. The highest BCUT2D eigenvalue weighted by atomic mass is 32.1. The molecule has 7 heteroatoms. The lowest BCUT2D eigenvalue weighted by molar-refractivity contribution is 0.0335. The minimum Gasteiger partial charge on any atom is -0.486 e. The minimum atomic E-state index is -0.393. The molecule has 2 unspecified atom stereocenters. The van der Waals surface area contributed by atoms with Crippen LogP contribution in [0.3, 0.4) is 0 Å². The fourth-order valence-corrected chi connectivity index (χ4v) is 5.49. The maximum Gasteiger partial charge on any atom is 0.341 e. The third-order valence-electron chi connectivity index (χ3n) is 6.81. The molecule has 36 heavy (non-hydrogen) atoms. The van der Waals surface area contributed by atoms with Gasteiger partial charge in [-0.15, -0.1) is 11.3 Å². The Hall–Kier alpha value is -3.06. The average Bonchev–Trinajstić information content (AvgIpc) is 3.51. The van der Waals surface area contributed by atoms with E-state index in [2.05, 4.69) is 31.3 Å². The quantitative estimate of drug-likeness (QED) is 0.286. The Bertz CT molecular complexity index is 1190. The van der Waals surface area contributed by atoms with E-state index in [9.17, 15) is 9.59 Å². The summed E-state index contributed by atoms with van der Waals surface area (Å²) in [6.07, 6.45) is 5.50. The first-order valence-electron chi connectivity index (χ1n) is 12.9. The van der Waals surface area contributed by atoms with E-state index in [1.165, 1.54) is 16.9 Å². The number of anilines is 1. The Morgan fingerprint density at radius 1 is 1.03 bits per heavy atom. The van der Waals surface area contributed by atoms with Crippen molar-refractivity contribution in [3.8, 4) is 5.75 Å². The van der Waals surface area contributed by atoms with Crippen LogP contribution in [0.2, 0.25) is 0 Å². The monoisotopic (exact) mass is 509 g/mol. The second-order valence-corrected chi connectivity index (χ2v) is 10.5. The molecular weight excluding hydrogens is 474 g/mol. The second kappa shape index (κ2) is 11.8. The van der Waals surface area contributed by atoms with Gasteiger partial charge in [-0.3, -0.25) is 4.79 Å². The number of rotatable bonds is 10. The Morgan fingerprint density at radius 3 is 2.50 bits per heavy atom. The van der Waals surface area contributed by atoms with E-state index in [4.69, 9.17) is 13.9 Å². The molecule has 2 aromatic heterocycles. The number of furan rings is 1. The first-order chi connectivity index (χ1) is 17.4. The maximum atomic E-state index is 13.0. The van der Waals surface area contributed by atoms with Crippen LogP contribution >= 0.6 is 11.3 Å². The van der Waals surface area contributed by atoms with Crippen LogP contribution in [0.4, 0.5) is 5.00 Å². The largest absolute Gasteiger partial charge is 0.486 e. The lowest BCUT2D eigenvalue weighted by atomic mass is 9.95. The van der Waals surface area contributed by atoms with Gasteiger partial charge in [0.25, 0.3) is 5.91 Å². The van der Waals surface area contributed by atoms with Gasteiger partial charge in [-0.05, 0) is 86.8 Å². The topological polar surface area (TPSA) is 77.8 Å². The highest BCUT2D eigenvalue weighted by Crippen LogP contribution is 2.39. The van der Waals surface area contributed by atoms with E-state index in [0.29, 0.717) is 22.2 Å². The Labute approximate surface area is 217 Å². The van der Waals surface area contributed by atoms with E-state index in [1.807, 2.05) is 26.0 Å². The Morgan fingerprint density at radius 2 is 1.78 bits per heavy atom. The van der Waals surface area contributed by atoms with Gasteiger partial charge < -0.3 is 19.2 Å². The smallest absolute Gasteiger partial charge is 0.341 e. The second-order valence-electron chi connectivity index (χ2n) is 9.43. The van der Waals surface area contributed by atoms with Crippen LogP contribution in [0, 0.1) is 0 Å². The predicted octanol–water partition coefficient (Wildman–Crippen LogP) is 7.52. The van der Waals surface area contributed by atoms with Crippen LogP contribution in [0.5, 0.6) is 5.75 Å². The molecule has 192 valence electrons. The summed E-state index contributed by atoms with van der Waals surface area (Å²) in [6.45, 7) is 8.45. The molecule has 0 fully saturated rings. The van der Waals surface area contributed by atoms with E-state index >= 15 is 0 Å². The predicted molar refractivity (Wildman–Crippen MR) is 142 cm³/mol. The molecule has 1 aliphatic carbocycles. The van der Waals surface area contributed by atoms with Gasteiger partial charge in [0.1, 0.15) is 23.1 Å². The van der Waals surface area contributed by atoms with Crippen LogP contribution in [-0.2, 0) is 24.2 Å². The van der Waals surface area contributed by atoms with Gasteiger partial charge in [0.05, 0.1) is 11.7 Å². The standard InChI is InChI=1S/C29H35NO5S/c1-5-18(3)20-11-13-21(14-12-20)33-17-22-15-16-24(35-22)27(31)30-28-26(29(32)34-19(4)6-2)23-9-7-8-10-25(23)36-28/h11-16,18-19H,5-10,17H2,1-4H3,(H,30,31). The summed E-state index contributed by atoms with van der Waals surface area (Å²) >= 11 is 1.47. The lowest BCUT2D eigenvalue weighted by Crippen LogP contribution is -2.18. The molecule has 0 radical (unpaired) electrons. The van der Waals surface area contributed by atoms with Crippen molar-refractivity contribution >= 4 is 28.2 Å². The number of aryl methyl sites for hydroxylation is 1. The molecule has 0 bridgehead atoms. The molecule has 1 amide bonds. The summed E-state index contributed by atoms with van der Waals surface area (Å²) in [5, 5.41) is 3.45. The van der Waals surface area contributed by atoms with Crippen molar-refractivity contribution in [2.75, 3.05) is 5.32 Å². The van der Waals surface area contributed by atoms with Crippen LogP contribution in [0.15, 0.2) is 40.8 Å². The summed E-state index contributed by atoms with van der Waals surface area (Å²) in [5.74, 6) is 1.22. The van der Waals surface area contributed by atoms with E-state index < -0.39 is 5.91 Å². The summed E-state index contributed by atoms with van der Waals surface area (Å²) in [4.78, 5) is 27.1. The number of esters is 1. The van der Waals surface area contributed by atoms with Crippen LogP contribution in [0.25, 0.3) is 0 Å². The number of hydrogen-bond donors (Lipinski definition) is 1. The van der Waals surface area contributed by atoms with Gasteiger partial charge in [-0.1, -0.05) is 32.9 Å². The minimum absolute atomic E-state index is 0.174. The number of carbonyl (C=O) groups excluding carboxylic acids is 2. The molecule has 0 aliphatic heterocycles. The summed E-state index contributed by atoms with van der Waals surface area (Å²) in [6, 6.07) is 11.4. The van der Waals surface area contributed by atoms with Crippen LogP contribution in [-0.4, -0.2) is 18.0 Å². The molecule has 0 saturated heterocycles. The average molecular weight is 510 g/mol. The molecule has 3 aromatic rings. The zero-order valence-corrected chi connectivity index (χ0v) is 22.3. The zero-order valence-electron chi connectivity index (χ0n) is 21.5. The van der Waals surface area contributed by atoms with Gasteiger partial charge in [0, 0.05) is 4.88 Å². The van der Waals surface area contributed by atoms with Gasteiger partial charge in [0.2, 0.25) is 0 Å². The van der Waals surface area contributed by atoms with E-state index in [-0.39, 0.29) is 24.4 Å². The van der Waals surface area contributed by atoms with Crippen LogP contribution in [0.1, 0.15) is 102 Å². The number of thiophene rings is 1. The van der Waals surface area contributed by atoms with Crippen molar-refractivity contribution in [3.63, 3.8) is 0 Å². The third kappa shape index (κ3) is 6.01. The van der Waals surface area contributed by atoms with Crippen molar-refractivity contribution in [2.45, 2.75) is 84.8 Å². The first-order valence-corrected chi connectivity index (χ1v) is 13.7. The molecule has 0 saturated carbocycles. The lowest BCUT2D eigenvalue weighted by Gasteiger charge is -2.15. The number of hydrogen-bond acceptors (Lipinski definition) is 6. The molecule has 6 nitrogen and oxygen atoms in total. The van der Waals surface area contributed by atoms with Crippen molar-refractivity contribution < 1.29 is 23.5 Å². The molecule has 1 aromatic carbocycles. The number of ether oxygens (including phenoxy) is 2. The molecule has 4 rings (SSSR count). The van der Waals surface area contributed by atoms with Gasteiger partial charge >= 0.3 is 5.97 Å². The van der Waals surface area contributed by atoms with Gasteiger partial charge in [-0.25, -0.2) is 4.79 Å². The number of benzene rings is 1. The van der Waals surface area contributed by atoms with Crippen molar-refractivity contribution in [1.82, 2.24) is 0 Å².